The first-order valence-corrected chi connectivity index (χ1v) is 3.76. The van der Waals surface area contributed by atoms with Crippen LogP contribution in [0.15, 0.2) is 0 Å². The lowest BCUT2D eigenvalue weighted by Gasteiger charge is -2.24. The highest BCUT2D eigenvalue weighted by molar-refractivity contribution is 5.73. The van der Waals surface area contributed by atoms with Crippen LogP contribution in [0.25, 0.3) is 0 Å². The van der Waals surface area contributed by atoms with E-state index in [9.17, 15) is 4.79 Å². The van der Waals surface area contributed by atoms with E-state index in [0.717, 1.165) is 0 Å². The van der Waals surface area contributed by atoms with Gasteiger partial charge in [0.25, 0.3) is 0 Å². The molecular formula is C7H17N3O4. The minimum Gasteiger partial charge on any atom is -0.479 e. The van der Waals surface area contributed by atoms with Crippen LogP contribution in [0, 0.1) is 10.8 Å². The fraction of sp³-hybridized carbons (Fsp3) is 0.714. The Morgan fingerprint density at radius 2 is 1.79 bits per heavy atom. The van der Waals surface area contributed by atoms with Crippen molar-refractivity contribution in [3.8, 4) is 0 Å². The first-order valence-electron chi connectivity index (χ1n) is 3.76. The zero-order valence-electron chi connectivity index (χ0n) is 8.19. The summed E-state index contributed by atoms with van der Waals surface area (Å²) in [6, 6.07) is 0. The van der Waals surface area contributed by atoms with Gasteiger partial charge in [0.2, 0.25) is 0 Å². The number of hydrogen-bond acceptors (Lipinski definition) is 4. The van der Waals surface area contributed by atoms with Crippen LogP contribution < -0.4 is 11.5 Å². The lowest BCUT2D eigenvalue weighted by Crippen LogP contribution is -2.38. The Morgan fingerprint density at radius 1 is 1.50 bits per heavy atom. The zero-order valence-corrected chi connectivity index (χ0v) is 8.19. The van der Waals surface area contributed by atoms with Crippen molar-refractivity contribution in [1.29, 1.82) is 5.41 Å². The van der Waals surface area contributed by atoms with Crippen molar-refractivity contribution in [3.63, 3.8) is 0 Å². The lowest BCUT2D eigenvalue weighted by atomic mass is 9.88. The highest BCUT2D eigenvalue weighted by atomic mass is 16.4. The standard InChI is InChI=1S/C6H12O4.CH5N3/c1-6(2,3-7)4(8)5(9)10;2-1(3)4/h4,7-8H,3H2,1-2H3,(H,9,10);(H5,2,3,4)/t4-;/m0./s1. The maximum Gasteiger partial charge on any atom is 0.333 e. The molecule has 0 aliphatic rings. The molecule has 0 fully saturated rings. The predicted octanol–water partition coefficient (Wildman–Crippen LogP) is -1.71. The summed E-state index contributed by atoms with van der Waals surface area (Å²) < 4.78 is 0. The zero-order chi connectivity index (χ0) is 11.9. The van der Waals surface area contributed by atoms with Gasteiger partial charge in [-0.1, -0.05) is 13.8 Å². The third kappa shape index (κ3) is 7.32. The summed E-state index contributed by atoms with van der Waals surface area (Å²) in [6.45, 7) is 2.61. The molecule has 0 aliphatic heterocycles. The fourth-order valence-electron chi connectivity index (χ4n) is 0.421. The van der Waals surface area contributed by atoms with Crippen LogP contribution in [0.4, 0.5) is 0 Å². The summed E-state index contributed by atoms with van der Waals surface area (Å²) in [5, 5.41) is 31.8. The number of aliphatic hydroxyl groups excluding tert-OH is 2. The number of carboxylic acids is 1. The SMILES string of the molecule is CC(C)(CO)[C@@H](O)C(=O)O.N=C(N)N. The number of rotatable bonds is 3. The minimum absolute atomic E-state index is 0.333. The molecule has 0 amide bonds. The number of carbonyl (C=O) groups is 1. The van der Waals surface area contributed by atoms with Gasteiger partial charge in [0, 0.05) is 5.41 Å². The van der Waals surface area contributed by atoms with Crippen LogP contribution >= 0.6 is 0 Å². The van der Waals surface area contributed by atoms with Gasteiger partial charge < -0.3 is 26.8 Å². The van der Waals surface area contributed by atoms with E-state index in [2.05, 4.69) is 11.5 Å². The second-order valence-corrected chi connectivity index (χ2v) is 3.34. The van der Waals surface area contributed by atoms with Crippen molar-refractivity contribution in [2.24, 2.45) is 16.9 Å². The molecule has 0 saturated carbocycles. The van der Waals surface area contributed by atoms with E-state index in [4.69, 9.17) is 20.7 Å². The second-order valence-electron chi connectivity index (χ2n) is 3.34. The van der Waals surface area contributed by atoms with E-state index in [-0.39, 0.29) is 12.6 Å². The molecule has 0 saturated heterocycles. The Bertz CT molecular complexity index is 201. The Balaban J connectivity index is 0. The molecule has 8 N–H and O–H groups in total. The van der Waals surface area contributed by atoms with Crippen LogP contribution in [0.5, 0.6) is 0 Å². The maximum absolute atomic E-state index is 10.1. The van der Waals surface area contributed by atoms with Gasteiger partial charge in [-0.05, 0) is 0 Å². The van der Waals surface area contributed by atoms with Crippen molar-refractivity contribution in [1.82, 2.24) is 0 Å². The van der Waals surface area contributed by atoms with Gasteiger partial charge in [-0.2, -0.15) is 0 Å². The van der Waals surface area contributed by atoms with E-state index in [0.29, 0.717) is 0 Å². The number of nitrogens with two attached hydrogens (primary N) is 2. The molecule has 0 aliphatic carbocycles. The maximum atomic E-state index is 10.1. The van der Waals surface area contributed by atoms with Crippen molar-refractivity contribution >= 4 is 11.9 Å². The van der Waals surface area contributed by atoms with Gasteiger partial charge in [-0.3, -0.25) is 5.41 Å². The van der Waals surface area contributed by atoms with E-state index in [1.165, 1.54) is 13.8 Å². The highest BCUT2D eigenvalue weighted by Gasteiger charge is 2.32. The molecule has 0 aromatic rings. The average Bonchev–Trinajstić information content (AvgIpc) is 2.02. The molecule has 0 radical (unpaired) electrons. The summed E-state index contributed by atoms with van der Waals surface area (Å²) in [6.07, 6.45) is -1.50. The molecule has 7 heteroatoms. The molecule has 7 nitrogen and oxygen atoms in total. The van der Waals surface area contributed by atoms with Crippen LogP contribution in [0.1, 0.15) is 13.8 Å². The Labute approximate surface area is 81.8 Å². The Morgan fingerprint density at radius 3 is 1.86 bits per heavy atom. The Kier molecular flexibility index (Phi) is 6.67. The molecule has 0 spiro atoms. The average molecular weight is 207 g/mol. The summed E-state index contributed by atoms with van der Waals surface area (Å²) in [4.78, 5) is 10.1. The first-order chi connectivity index (χ1) is 6.15. The minimum atomic E-state index is -1.50. The predicted molar refractivity (Wildman–Crippen MR) is 50.6 cm³/mol. The highest BCUT2D eigenvalue weighted by Crippen LogP contribution is 2.19. The van der Waals surface area contributed by atoms with Gasteiger partial charge in [0.15, 0.2) is 12.1 Å². The number of guanidine groups is 1. The lowest BCUT2D eigenvalue weighted by molar-refractivity contribution is -0.154. The van der Waals surface area contributed by atoms with Crippen molar-refractivity contribution in [3.05, 3.63) is 0 Å². The number of carboxylic acid groups (broad SMARTS) is 1. The topological polar surface area (TPSA) is 154 Å². The molecule has 1 atom stereocenters. The molecule has 0 rings (SSSR count). The first kappa shape index (κ1) is 15.1. The monoisotopic (exact) mass is 207 g/mol. The van der Waals surface area contributed by atoms with Crippen LogP contribution in [0.2, 0.25) is 0 Å². The second kappa shape index (κ2) is 6.17. The van der Waals surface area contributed by atoms with Gasteiger partial charge >= 0.3 is 5.97 Å². The molecule has 14 heavy (non-hydrogen) atoms. The summed E-state index contributed by atoms with van der Waals surface area (Å²) in [5.74, 6) is -1.64. The van der Waals surface area contributed by atoms with Crippen molar-refractivity contribution < 1.29 is 20.1 Å². The third-order valence-electron chi connectivity index (χ3n) is 1.38. The van der Waals surface area contributed by atoms with E-state index in [1.807, 2.05) is 0 Å². The Hall–Kier alpha value is -1.34. The van der Waals surface area contributed by atoms with Gasteiger partial charge in [-0.15, -0.1) is 0 Å². The fourth-order valence-corrected chi connectivity index (χ4v) is 0.421. The van der Waals surface area contributed by atoms with E-state index < -0.39 is 17.5 Å². The van der Waals surface area contributed by atoms with Crippen LogP contribution in [-0.2, 0) is 4.79 Å². The molecule has 0 unspecified atom stereocenters. The largest absolute Gasteiger partial charge is 0.479 e. The van der Waals surface area contributed by atoms with Gasteiger partial charge in [0.05, 0.1) is 6.61 Å². The van der Waals surface area contributed by atoms with Crippen LogP contribution in [0.3, 0.4) is 0 Å². The summed E-state index contributed by atoms with van der Waals surface area (Å²) in [7, 11) is 0. The number of hydrogen-bond donors (Lipinski definition) is 6. The van der Waals surface area contributed by atoms with Gasteiger partial charge in [0.1, 0.15) is 0 Å². The van der Waals surface area contributed by atoms with Crippen molar-refractivity contribution in [2.45, 2.75) is 20.0 Å². The summed E-state index contributed by atoms with van der Waals surface area (Å²) in [5.41, 5.74) is 7.98. The molecular weight excluding hydrogens is 190 g/mol. The molecule has 0 aromatic carbocycles. The number of aliphatic hydroxyl groups is 2. The molecule has 0 bridgehead atoms. The molecule has 84 valence electrons. The normalized spacial score (nSPS) is 12.3. The van der Waals surface area contributed by atoms with E-state index in [1.54, 1.807) is 0 Å². The third-order valence-corrected chi connectivity index (χ3v) is 1.38. The van der Waals surface area contributed by atoms with Gasteiger partial charge in [-0.25, -0.2) is 4.79 Å². The quantitative estimate of drug-likeness (QED) is 0.239. The molecule has 0 heterocycles. The smallest absolute Gasteiger partial charge is 0.333 e. The summed E-state index contributed by atoms with van der Waals surface area (Å²) >= 11 is 0. The number of aliphatic carboxylic acids is 1. The molecule has 0 aromatic heterocycles. The van der Waals surface area contributed by atoms with Crippen LogP contribution in [-0.4, -0.2) is 40.0 Å². The van der Waals surface area contributed by atoms with Crippen molar-refractivity contribution in [2.75, 3.05) is 6.61 Å². The number of nitrogens with one attached hydrogen (secondary N) is 1. The van der Waals surface area contributed by atoms with E-state index >= 15 is 0 Å².